The van der Waals surface area contributed by atoms with Gasteiger partial charge in [0.25, 0.3) is 0 Å². The summed E-state index contributed by atoms with van der Waals surface area (Å²) in [7, 11) is 0. The minimum absolute atomic E-state index is 0.0628. The Kier molecular flexibility index (Phi) is 4.50. The lowest BCUT2D eigenvalue weighted by molar-refractivity contribution is -0.140. The highest BCUT2D eigenvalue weighted by atomic mass is 19.4. The first-order valence-corrected chi connectivity index (χ1v) is 6.59. The molecule has 0 aliphatic carbocycles. The van der Waals surface area contributed by atoms with Gasteiger partial charge < -0.3 is 20.0 Å². The molecule has 11 heteroatoms. The van der Waals surface area contributed by atoms with Gasteiger partial charge in [0.1, 0.15) is 17.9 Å². The Morgan fingerprint density at radius 2 is 2.00 bits per heavy atom. The van der Waals surface area contributed by atoms with Gasteiger partial charge in [0.2, 0.25) is 0 Å². The number of amides is 1. The van der Waals surface area contributed by atoms with Crippen LogP contribution in [0.3, 0.4) is 0 Å². The van der Waals surface area contributed by atoms with E-state index >= 15 is 0 Å². The molecule has 0 radical (unpaired) electrons. The number of halogens is 3. The Morgan fingerprint density at radius 1 is 1.33 bits per heavy atom. The number of aromatic nitrogens is 1. The Hall–Kier alpha value is -3.03. The van der Waals surface area contributed by atoms with Crippen LogP contribution in [-0.4, -0.2) is 57.8 Å². The molecule has 0 bridgehead atoms. The molecule has 1 fully saturated rings. The minimum atomic E-state index is -4.69. The smallest absolute Gasteiger partial charge is 0.417 e. The molecule has 1 aromatic heterocycles. The number of piperazine rings is 1. The summed E-state index contributed by atoms with van der Waals surface area (Å²) in [5, 5.41) is 27.3. The van der Waals surface area contributed by atoms with Crippen molar-refractivity contribution in [1.29, 1.82) is 5.26 Å². The third-order valence-electron chi connectivity index (χ3n) is 3.52. The predicted molar refractivity (Wildman–Crippen MR) is 72.3 cm³/mol. The second-order valence-electron chi connectivity index (χ2n) is 4.98. The van der Waals surface area contributed by atoms with Crippen LogP contribution in [0, 0.1) is 11.3 Å². The number of nitriles is 1. The molecule has 0 saturated carbocycles. The van der Waals surface area contributed by atoms with Gasteiger partial charge in [-0.2, -0.15) is 18.4 Å². The molecule has 1 aliphatic rings. The number of carbonyl (C=O) groups is 2. The molecular formula is C13H11F3N4O4. The van der Waals surface area contributed by atoms with Crippen molar-refractivity contribution in [3.8, 4) is 6.07 Å². The number of rotatable bonds is 2. The van der Waals surface area contributed by atoms with Gasteiger partial charge in [-0.3, -0.25) is 0 Å². The van der Waals surface area contributed by atoms with E-state index < -0.39 is 42.0 Å². The quantitative estimate of drug-likeness (QED) is 0.828. The highest BCUT2D eigenvalue weighted by Crippen LogP contribution is 2.32. The molecule has 0 unspecified atom stereocenters. The fourth-order valence-corrected chi connectivity index (χ4v) is 2.35. The molecule has 2 rings (SSSR count). The van der Waals surface area contributed by atoms with Gasteiger partial charge in [-0.05, 0) is 6.07 Å². The highest BCUT2D eigenvalue weighted by Gasteiger charge is 2.37. The number of hydrogen-bond acceptors (Lipinski definition) is 5. The van der Waals surface area contributed by atoms with E-state index in [1.165, 1.54) is 0 Å². The van der Waals surface area contributed by atoms with Gasteiger partial charge in [-0.1, -0.05) is 0 Å². The zero-order chi connectivity index (χ0) is 18.1. The van der Waals surface area contributed by atoms with Crippen LogP contribution in [0.5, 0.6) is 0 Å². The molecule has 1 saturated heterocycles. The number of carboxylic acid groups (broad SMARTS) is 2. The van der Waals surface area contributed by atoms with Crippen LogP contribution in [0.4, 0.5) is 23.8 Å². The monoisotopic (exact) mass is 344 g/mol. The average molecular weight is 344 g/mol. The third kappa shape index (κ3) is 3.32. The van der Waals surface area contributed by atoms with Crippen molar-refractivity contribution in [3.63, 3.8) is 0 Å². The van der Waals surface area contributed by atoms with Gasteiger partial charge in [-0.25, -0.2) is 14.6 Å². The topological polar surface area (TPSA) is 118 Å². The molecule has 8 nitrogen and oxygen atoms in total. The molecule has 1 amide bonds. The predicted octanol–water partition coefficient (Wildman–Crippen LogP) is 1.23. The maximum atomic E-state index is 12.7. The van der Waals surface area contributed by atoms with Gasteiger partial charge in [0.15, 0.2) is 0 Å². The Labute approximate surface area is 133 Å². The largest absolute Gasteiger partial charge is 0.480 e. The molecule has 1 atom stereocenters. The zero-order valence-corrected chi connectivity index (χ0v) is 12.0. The van der Waals surface area contributed by atoms with Crippen molar-refractivity contribution >= 4 is 17.9 Å². The molecular weight excluding hydrogens is 333 g/mol. The van der Waals surface area contributed by atoms with Crippen molar-refractivity contribution in [2.45, 2.75) is 12.2 Å². The molecule has 2 N–H and O–H groups in total. The SMILES string of the molecule is N#Cc1cc(C(F)(F)F)cnc1N1CCN(C(=O)O)C[C@@H]1C(=O)O. The van der Waals surface area contributed by atoms with Crippen LogP contribution in [0.2, 0.25) is 0 Å². The van der Waals surface area contributed by atoms with E-state index in [2.05, 4.69) is 4.98 Å². The fraction of sp³-hybridized carbons (Fsp3) is 0.385. The number of anilines is 1. The van der Waals surface area contributed by atoms with Gasteiger partial charge in [0, 0.05) is 19.3 Å². The summed E-state index contributed by atoms with van der Waals surface area (Å²) >= 11 is 0. The summed E-state index contributed by atoms with van der Waals surface area (Å²) in [6.45, 7) is -0.568. The maximum Gasteiger partial charge on any atom is 0.417 e. The van der Waals surface area contributed by atoms with E-state index in [1.54, 1.807) is 6.07 Å². The van der Waals surface area contributed by atoms with E-state index in [-0.39, 0.29) is 18.9 Å². The number of aliphatic carboxylic acids is 1. The van der Waals surface area contributed by atoms with Crippen molar-refractivity contribution in [3.05, 3.63) is 23.4 Å². The third-order valence-corrected chi connectivity index (χ3v) is 3.52. The summed E-state index contributed by atoms with van der Waals surface area (Å²) < 4.78 is 38.1. The van der Waals surface area contributed by atoms with Crippen LogP contribution < -0.4 is 4.90 Å². The second-order valence-corrected chi connectivity index (χ2v) is 4.98. The molecule has 0 spiro atoms. The van der Waals surface area contributed by atoms with Crippen LogP contribution in [0.1, 0.15) is 11.1 Å². The van der Waals surface area contributed by atoms with Gasteiger partial charge in [-0.15, -0.1) is 0 Å². The number of alkyl halides is 3. The molecule has 128 valence electrons. The van der Waals surface area contributed by atoms with Crippen molar-refractivity contribution in [1.82, 2.24) is 9.88 Å². The summed E-state index contributed by atoms with van der Waals surface area (Å²) in [5.41, 5.74) is -1.56. The molecule has 2 heterocycles. The maximum absolute atomic E-state index is 12.7. The van der Waals surface area contributed by atoms with Crippen LogP contribution in [0.15, 0.2) is 12.3 Å². The lowest BCUT2D eigenvalue weighted by Crippen LogP contribution is -2.58. The summed E-state index contributed by atoms with van der Waals surface area (Å²) in [6.07, 6.45) is -5.48. The summed E-state index contributed by atoms with van der Waals surface area (Å²) in [6, 6.07) is 0.805. The molecule has 0 aromatic carbocycles. The Morgan fingerprint density at radius 3 is 2.50 bits per heavy atom. The number of nitrogens with zero attached hydrogens (tertiary/aromatic N) is 4. The lowest BCUT2D eigenvalue weighted by atomic mass is 10.1. The van der Waals surface area contributed by atoms with E-state index in [0.29, 0.717) is 12.3 Å². The Bertz CT molecular complexity index is 716. The zero-order valence-electron chi connectivity index (χ0n) is 12.0. The van der Waals surface area contributed by atoms with Crippen LogP contribution >= 0.6 is 0 Å². The van der Waals surface area contributed by atoms with E-state index in [9.17, 15) is 27.9 Å². The van der Waals surface area contributed by atoms with E-state index in [0.717, 1.165) is 9.80 Å². The van der Waals surface area contributed by atoms with Crippen LogP contribution in [-0.2, 0) is 11.0 Å². The molecule has 1 aliphatic heterocycles. The van der Waals surface area contributed by atoms with Gasteiger partial charge in [0.05, 0.1) is 17.7 Å². The molecule has 24 heavy (non-hydrogen) atoms. The minimum Gasteiger partial charge on any atom is -0.480 e. The number of hydrogen-bond donors (Lipinski definition) is 2. The van der Waals surface area contributed by atoms with Crippen molar-refractivity contribution < 1.29 is 33.0 Å². The second kappa shape index (κ2) is 6.23. The first-order valence-electron chi connectivity index (χ1n) is 6.59. The first kappa shape index (κ1) is 17.3. The first-order chi connectivity index (χ1) is 11.1. The lowest BCUT2D eigenvalue weighted by Gasteiger charge is -2.39. The number of pyridine rings is 1. The fourth-order valence-electron chi connectivity index (χ4n) is 2.35. The summed E-state index contributed by atoms with van der Waals surface area (Å²) in [4.78, 5) is 27.9. The van der Waals surface area contributed by atoms with E-state index in [4.69, 9.17) is 10.4 Å². The van der Waals surface area contributed by atoms with Crippen LogP contribution in [0.25, 0.3) is 0 Å². The van der Waals surface area contributed by atoms with Crippen molar-refractivity contribution in [2.75, 3.05) is 24.5 Å². The Balaban J connectivity index is 2.41. The summed E-state index contributed by atoms with van der Waals surface area (Å²) in [5.74, 6) is -1.59. The number of carboxylic acids is 1. The standard InChI is InChI=1S/C13H11F3N4O4/c14-13(15,16)8-3-7(4-17)10(18-5-8)20-2-1-19(12(23)24)6-9(20)11(21)22/h3,5,9H,1-2,6H2,(H,21,22)(H,23,24)/t9-/m1/s1. The van der Waals surface area contributed by atoms with Crippen molar-refractivity contribution in [2.24, 2.45) is 0 Å². The highest BCUT2D eigenvalue weighted by molar-refractivity contribution is 5.80. The normalized spacial score (nSPS) is 18.2. The van der Waals surface area contributed by atoms with E-state index in [1.807, 2.05) is 0 Å². The van der Waals surface area contributed by atoms with Gasteiger partial charge >= 0.3 is 18.2 Å². The average Bonchev–Trinajstić information content (AvgIpc) is 2.52. The molecule has 1 aromatic rings.